The van der Waals surface area contributed by atoms with E-state index in [1.54, 1.807) is 26.1 Å². The summed E-state index contributed by atoms with van der Waals surface area (Å²) >= 11 is 0. The van der Waals surface area contributed by atoms with E-state index in [1.807, 2.05) is 5.06 Å². The van der Waals surface area contributed by atoms with Gasteiger partial charge in [-0.2, -0.15) is 5.06 Å². The average Bonchev–Trinajstić information content (AvgIpc) is 2.19. The second kappa shape index (κ2) is 5.17. The van der Waals surface area contributed by atoms with Crippen LogP contribution in [0.15, 0.2) is 0 Å². The molecular weight excluding hydrogens is 182 g/mol. The van der Waals surface area contributed by atoms with Crippen LogP contribution in [0.4, 0.5) is 4.79 Å². The lowest BCUT2D eigenvalue weighted by atomic mass is 10.1. The van der Waals surface area contributed by atoms with Crippen LogP contribution in [-0.4, -0.2) is 56.3 Å². The molecule has 1 fully saturated rings. The Morgan fingerprint density at radius 3 is 2.43 bits per heavy atom. The molecule has 0 unspecified atom stereocenters. The first-order valence-corrected chi connectivity index (χ1v) is 4.90. The average molecular weight is 201 g/mol. The standard InChI is InChI=1S/C9H19N3O2/c1-11(2)9(13)10-8-4-6-12(14-3)7-5-8/h8H,4-7H2,1-3H3,(H,10,13). The first kappa shape index (κ1) is 11.3. The van der Waals surface area contributed by atoms with Crippen molar-refractivity contribution in [3.05, 3.63) is 0 Å². The largest absolute Gasteiger partial charge is 0.335 e. The molecule has 1 heterocycles. The molecule has 82 valence electrons. The molecule has 0 aliphatic carbocycles. The Kier molecular flexibility index (Phi) is 4.16. The van der Waals surface area contributed by atoms with E-state index in [0.29, 0.717) is 0 Å². The molecule has 1 saturated heterocycles. The molecule has 5 heteroatoms. The molecule has 0 aromatic heterocycles. The van der Waals surface area contributed by atoms with E-state index >= 15 is 0 Å². The molecule has 0 spiro atoms. The Balaban J connectivity index is 2.25. The minimum atomic E-state index is -0.0131. The van der Waals surface area contributed by atoms with E-state index in [0.717, 1.165) is 25.9 Å². The SMILES string of the molecule is CON1CCC(NC(=O)N(C)C)CC1. The van der Waals surface area contributed by atoms with Crippen LogP contribution in [0.1, 0.15) is 12.8 Å². The van der Waals surface area contributed by atoms with Gasteiger partial charge in [0.25, 0.3) is 0 Å². The summed E-state index contributed by atoms with van der Waals surface area (Å²) in [6.07, 6.45) is 1.90. The molecule has 0 bridgehead atoms. The lowest BCUT2D eigenvalue weighted by Gasteiger charge is -2.31. The molecule has 2 amide bonds. The number of carbonyl (C=O) groups excluding carboxylic acids is 1. The highest BCUT2D eigenvalue weighted by Gasteiger charge is 2.20. The van der Waals surface area contributed by atoms with Crippen molar-refractivity contribution in [1.29, 1.82) is 0 Å². The van der Waals surface area contributed by atoms with Gasteiger partial charge in [-0.3, -0.25) is 0 Å². The molecule has 1 aliphatic heterocycles. The number of nitrogens with zero attached hydrogens (tertiary/aromatic N) is 2. The van der Waals surface area contributed by atoms with Crippen LogP contribution >= 0.6 is 0 Å². The highest BCUT2D eigenvalue weighted by molar-refractivity contribution is 5.73. The molecular formula is C9H19N3O2. The third kappa shape index (κ3) is 3.16. The molecule has 0 atom stereocenters. The van der Waals surface area contributed by atoms with Crippen LogP contribution in [-0.2, 0) is 4.84 Å². The fraction of sp³-hybridized carbons (Fsp3) is 0.889. The predicted molar refractivity (Wildman–Crippen MR) is 53.8 cm³/mol. The van der Waals surface area contributed by atoms with Gasteiger partial charge in [0, 0.05) is 33.2 Å². The van der Waals surface area contributed by atoms with Crippen molar-refractivity contribution in [3.63, 3.8) is 0 Å². The number of carbonyl (C=O) groups is 1. The van der Waals surface area contributed by atoms with Crippen LogP contribution in [0.3, 0.4) is 0 Å². The summed E-state index contributed by atoms with van der Waals surface area (Å²) in [5.41, 5.74) is 0. The molecule has 1 N–H and O–H groups in total. The van der Waals surface area contributed by atoms with Crippen molar-refractivity contribution >= 4 is 6.03 Å². The van der Waals surface area contributed by atoms with E-state index in [2.05, 4.69) is 5.32 Å². The zero-order chi connectivity index (χ0) is 10.6. The van der Waals surface area contributed by atoms with Gasteiger partial charge in [-0.05, 0) is 12.8 Å². The summed E-state index contributed by atoms with van der Waals surface area (Å²) in [7, 11) is 5.18. The molecule has 1 aliphatic rings. The fourth-order valence-electron chi connectivity index (χ4n) is 1.49. The maximum atomic E-state index is 11.3. The fourth-order valence-corrected chi connectivity index (χ4v) is 1.49. The van der Waals surface area contributed by atoms with E-state index in [4.69, 9.17) is 4.84 Å². The van der Waals surface area contributed by atoms with E-state index in [1.165, 1.54) is 0 Å². The summed E-state index contributed by atoms with van der Waals surface area (Å²) in [5, 5.41) is 4.88. The predicted octanol–water partition coefficient (Wildman–Crippen LogP) is 0.283. The third-order valence-corrected chi connectivity index (χ3v) is 2.45. The number of hydrogen-bond donors (Lipinski definition) is 1. The van der Waals surface area contributed by atoms with Gasteiger partial charge in [0.2, 0.25) is 0 Å². The summed E-state index contributed by atoms with van der Waals surface area (Å²) in [4.78, 5) is 18.0. The summed E-state index contributed by atoms with van der Waals surface area (Å²) < 4.78 is 0. The lowest BCUT2D eigenvalue weighted by Crippen LogP contribution is -2.47. The maximum Gasteiger partial charge on any atom is 0.317 e. The summed E-state index contributed by atoms with van der Waals surface area (Å²) in [6, 6.07) is 0.275. The van der Waals surface area contributed by atoms with Gasteiger partial charge in [-0.15, -0.1) is 0 Å². The Morgan fingerprint density at radius 2 is 2.00 bits per heavy atom. The smallest absolute Gasteiger partial charge is 0.317 e. The number of rotatable bonds is 2. The van der Waals surface area contributed by atoms with E-state index < -0.39 is 0 Å². The van der Waals surface area contributed by atoms with Crippen molar-refractivity contribution in [2.24, 2.45) is 0 Å². The van der Waals surface area contributed by atoms with Crippen LogP contribution in [0.2, 0.25) is 0 Å². The lowest BCUT2D eigenvalue weighted by molar-refractivity contribution is -0.144. The van der Waals surface area contributed by atoms with Crippen molar-refractivity contribution in [1.82, 2.24) is 15.3 Å². The summed E-state index contributed by atoms with van der Waals surface area (Å²) in [5.74, 6) is 0. The van der Waals surface area contributed by atoms with Gasteiger partial charge in [0.05, 0.1) is 7.11 Å². The first-order valence-electron chi connectivity index (χ1n) is 4.90. The number of hydroxylamine groups is 2. The first-order chi connectivity index (χ1) is 6.63. The normalized spacial score (nSPS) is 19.4. The highest BCUT2D eigenvalue weighted by Crippen LogP contribution is 2.09. The van der Waals surface area contributed by atoms with Crippen molar-refractivity contribution < 1.29 is 9.63 Å². The molecule has 1 rings (SSSR count). The molecule has 14 heavy (non-hydrogen) atoms. The van der Waals surface area contributed by atoms with Crippen LogP contribution in [0, 0.1) is 0 Å². The Labute approximate surface area is 85.0 Å². The number of hydrogen-bond acceptors (Lipinski definition) is 3. The van der Waals surface area contributed by atoms with Gasteiger partial charge in [0.1, 0.15) is 0 Å². The highest BCUT2D eigenvalue weighted by atomic mass is 16.7. The van der Waals surface area contributed by atoms with Gasteiger partial charge < -0.3 is 15.1 Å². The third-order valence-electron chi connectivity index (χ3n) is 2.45. The Hall–Kier alpha value is -0.810. The molecule has 5 nitrogen and oxygen atoms in total. The zero-order valence-electron chi connectivity index (χ0n) is 9.12. The minimum Gasteiger partial charge on any atom is -0.335 e. The number of urea groups is 1. The zero-order valence-corrected chi connectivity index (χ0v) is 9.12. The van der Waals surface area contributed by atoms with Gasteiger partial charge in [0.15, 0.2) is 0 Å². The second-order valence-corrected chi connectivity index (χ2v) is 3.73. The van der Waals surface area contributed by atoms with Crippen molar-refractivity contribution in [2.45, 2.75) is 18.9 Å². The van der Waals surface area contributed by atoms with Gasteiger partial charge in [-0.25, -0.2) is 4.79 Å². The van der Waals surface area contributed by atoms with Crippen LogP contribution < -0.4 is 5.32 Å². The van der Waals surface area contributed by atoms with E-state index in [-0.39, 0.29) is 12.1 Å². The van der Waals surface area contributed by atoms with Crippen molar-refractivity contribution in [2.75, 3.05) is 34.3 Å². The quantitative estimate of drug-likeness (QED) is 0.698. The van der Waals surface area contributed by atoms with E-state index in [9.17, 15) is 4.79 Å². The molecule has 0 aromatic carbocycles. The monoisotopic (exact) mass is 201 g/mol. The number of nitrogens with one attached hydrogen (secondary N) is 1. The molecule has 0 radical (unpaired) electrons. The van der Waals surface area contributed by atoms with Crippen LogP contribution in [0.25, 0.3) is 0 Å². The Bertz CT molecular complexity index is 188. The maximum absolute atomic E-state index is 11.3. The van der Waals surface area contributed by atoms with Gasteiger partial charge >= 0.3 is 6.03 Å². The summed E-state index contributed by atoms with van der Waals surface area (Å²) in [6.45, 7) is 1.77. The molecule has 0 saturated carbocycles. The minimum absolute atomic E-state index is 0.0131. The Morgan fingerprint density at radius 1 is 1.43 bits per heavy atom. The number of piperidine rings is 1. The topological polar surface area (TPSA) is 44.8 Å². The van der Waals surface area contributed by atoms with Gasteiger partial charge in [-0.1, -0.05) is 0 Å². The number of amides is 2. The molecule has 0 aromatic rings. The van der Waals surface area contributed by atoms with Crippen molar-refractivity contribution in [3.8, 4) is 0 Å². The van der Waals surface area contributed by atoms with Crippen LogP contribution in [0.5, 0.6) is 0 Å². The second-order valence-electron chi connectivity index (χ2n) is 3.73.